The summed E-state index contributed by atoms with van der Waals surface area (Å²) >= 11 is 0. The largest absolute Gasteiger partial charge is 0.348 e. The van der Waals surface area contributed by atoms with Crippen LogP contribution in [0.2, 0.25) is 0 Å². The number of carbonyl (C=O) groups excluding carboxylic acids is 1. The molecule has 2 aromatic heterocycles. The summed E-state index contributed by atoms with van der Waals surface area (Å²) in [6.07, 6.45) is 8.55. The van der Waals surface area contributed by atoms with Gasteiger partial charge in [0.05, 0.1) is 12.4 Å². The Morgan fingerprint density at radius 3 is 2.74 bits per heavy atom. The predicted octanol–water partition coefficient (Wildman–Crippen LogP) is 0.792. The fourth-order valence-corrected chi connectivity index (χ4v) is 1.66. The number of hydrogen-bond acceptors (Lipinski definition) is 3. The minimum absolute atomic E-state index is 0.132. The maximum absolute atomic E-state index is 11.7. The molecule has 100 valence electrons. The van der Waals surface area contributed by atoms with Gasteiger partial charge in [-0.3, -0.25) is 14.2 Å². The first-order valence-electron chi connectivity index (χ1n) is 5.98. The molecule has 2 rings (SSSR count). The maximum atomic E-state index is 11.7. The summed E-state index contributed by atoms with van der Waals surface area (Å²) in [6, 6.07) is 0. The molecule has 2 aromatic rings. The minimum Gasteiger partial charge on any atom is -0.348 e. The maximum Gasteiger partial charge on any atom is 0.244 e. The summed E-state index contributed by atoms with van der Waals surface area (Å²) in [4.78, 5) is 11.7. The van der Waals surface area contributed by atoms with Crippen LogP contribution in [0.3, 0.4) is 0 Å². The Balaban J connectivity index is 1.88. The van der Waals surface area contributed by atoms with Gasteiger partial charge in [-0.1, -0.05) is 0 Å². The normalized spacial score (nSPS) is 11.1. The van der Waals surface area contributed by atoms with Gasteiger partial charge in [0.25, 0.3) is 0 Å². The fourth-order valence-electron chi connectivity index (χ4n) is 1.66. The van der Waals surface area contributed by atoms with Gasteiger partial charge in [0.15, 0.2) is 0 Å². The molecule has 19 heavy (non-hydrogen) atoms. The molecule has 2 heterocycles. The van der Waals surface area contributed by atoms with Gasteiger partial charge in [0, 0.05) is 49.7 Å². The molecule has 0 aliphatic heterocycles. The summed E-state index contributed by atoms with van der Waals surface area (Å²) in [5.41, 5.74) is 2.97. The molecule has 0 saturated heterocycles. The number of nitrogens with zero attached hydrogens (tertiary/aromatic N) is 4. The van der Waals surface area contributed by atoms with E-state index < -0.39 is 0 Å². The molecule has 0 bridgehead atoms. The molecular formula is C13H17N5O. The van der Waals surface area contributed by atoms with Gasteiger partial charge in [-0.15, -0.1) is 0 Å². The molecule has 0 fully saturated rings. The third kappa shape index (κ3) is 3.31. The van der Waals surface area contributed by atoms with Crippen molar-refractivity contribution in [3.63, 3.8) is 0 Å². The summed E-state index contributed by atoms with van der Waals surface area (Å²) in [5, 5.41) is 11.0. The van der Waals surface area contributed by atoms with Gasteiger partial charge in [0.2, 0.25) is 5.91 Å². The average Bonchev–Trinajstić information content (AvgIpc) is 2.93. The van der Waals surface area contributed by atoms with Crippen LogP contribution in [0, 0.1) is 6.92 Å². The van der Waals surface area contributed by atoms with Gasteiger partial charge in [0.1, 0.15) is 0 Å². The average molecular weight is 259 g/mol. The number of carbonyl (C=O) groups is 1. The van der Waals surface area contributed by atoms with Crippen molar-refractivity contribution in [2.24, 2.45) is 14.1 Å². The monoisotopic (exact) mass is 259 g/mol. The first kappa shape index (κ1) is 13.1. The summed E-state index contributed by atoms with van der Waals surface area (Å²) in [6.45, 7) is 2.45. The molecule has 6 nitrogen and oxygen atoms in total. The SMILES string of the molecule is Cc1c(CNC(=O)/C=C/c2cnn(C)c2)cnn1C. The highest BCUT2D eigenvalue weighted by Gasteiger charge is 2.04. The lowest BCUT2D eigenvalue weighted by Crippen LogP contribution is -2.20. The Bertz CT molecular complexity index is 608. The van der Waals surface area contributed by atoms with Gasteiger partial charge in [-0.2, -0.15) is 10.2 Å². The van der Waals surface area contributed by atoms with Gasteiger partial charge < -0.3 is 5.32 Å². The highest BCUT2D eigenvalue weighted by Crippen LogP contribution is 2.04. The van der Waals surface area contributed by atoms with Crippen molar-refractivity contribution in [3.05, 3.63) is 41.5 Å². The second-order valence-electron chi connectivity index (χ2n) is 4.38. The van der Waals surface area contributed by atoms with Crippen molar-refractivity contribution < 1.29 is 4.79 Å². The highest BCUT2D eigenvalue weighted by atomic mass is 16.1. The van der Waals surface area contributed by atoms with Crippen molar-refractivity contribution in [2.45, 2.75) is 13.5 Å². The lowest BCUT2D eigenvalue weighted by molar-refractivity contribution is -0.116. The van der Waals surface area contributed by atoms with Gasteiger partial charge in [-0.25, -0.2) is 0 Å². The Kier molecular flexibility index (Phi) is 3.79. The van der Waals surface area contributed by atoms with E-state index >= 15 is 0 Å². The van der Waals surface area contributed by atoms with Crippen LogP contribution in [0.1, 0.15) is 16.8 Å². The first-order valence-corrected chi connectivity index (χ1v) is 5.98. The highest BCUT2D eigenvalue weighted by molar-refractivity contribution is 5.91. The number of rotatable bonds is 4. The molecule has 0 aliphatic carbocycles. The molecule has 0 aromatic carbocycles. The second-order valence-corrected chi connectivity index (χ2v) is 4.38. The molecule has 6 heteroatoms. The topological polar surface area (TPSA) is 64.7 Å². The third-order valence-corrected chi connectivity index (χ3v) is 2.94. The van der Waals surface area contributed by atoms with E-state index in [1.807, 2.05) is 27.2 Å². The number of amides is 1. The van der Waals surface area contributed by atoms with Crippen LogP contribution < -0.4 is 5.32 Å². The van der Waals surface area contributed by atoms with Gasteiger partial charge in [-0.05, 0) is 13.0 Å². The molecule has 1 N–H and O–H groups in total. The molecule has 1 amide bonds. The van der Waals surface area contributed by atoms with Gasteiger partial charge >= 0.3 is 0 Å². The zero-order valence-electron chi connectivity index (χ0n) is 11.3. The Morgan fingerprint density at radius 1 is 1.37 bits per heavy atom. The quantitative estimate of drug-likeness (QED) is 0.826. The zero-order valence-corrected chi connectivity index (χ0v) is 11.3. The van der Waals surface area contributed by atoms with E-state index in [4.69, 9.17) is 0 Å². The van der Waals surface area contributed by atoms with Crippen molar-refractivity contribution >= 4 is 12.0 Å². The van der Waals surface area contributed by atoms with Crippen LogP contribution in [-0.4, -0.2) is 25.5 Å². The van der Waals surface area contributed by atoms with Crippen LogP contribution in [0.5, 0.6) is 0 Å². The van der Waals surface area contributed by atoms with Crippen LogP contribution in [-0.2, 0) is 25.4 Å². The molecule has 0 saturated carbocycles. The summed E-state index contributed by atoms with van der Waals surface area (Å²) in [5.74, 6) is -0.132. The van der Waals surface area contributed by atoms with E-state index in [0.29, 0.717) is 6.54 Å². The number of nitrogens with one attached hydrogen (secondary N) is 1. The predicted molar refractivity (Wildman–Crippen MR) is 72.0 cm³/mol. The van der Waals surface area contributed by atoms with Crippen molar-refractivity contribution in [2.75, 3.05) is 0 Å². The van der Waals surface area contributed by atoms with Crippen LogP contribution in [0.25, 0.3) is 6.08 Å². The van der Waals surface area contributed by atoms with Crippen LogP contribution in [0.4, 0.5) is 0 Å². The lowest BCUT2D eigenvalue weighted by atomic mass is 10.2. The molecular weight excluding hydrogens is 242 g/mol. The van der Waals surface area contributed by atoms with Crippen LogP contribution in [0.15, 0.2) is 24.7 Å². The van der Waals surface area contributed by atoms with E-state index in [1.54, 1.807) is 27.8 Å². The number of hydrogen-bond donors (Lipinski definition) is 1. The van der Waals surface area contributed by atoms with Crippen LogP contribution >= 0.6 is 0 Å². The smallest absolute Gasteiger partial charge is 0.244 e. The van der Waals surface area contributed by atoms with Crippen molar-refractivity contribution in [3.8, 4) is 0 Å². The Labute approximate surface area is 111 Å². The minimum atomic E-state index is -0.132. The van der Waals surface area contributed by atoms with E-state index in [2.05, 4.69) is 15.5 Å². The summed E-state index contributed by atoms with van der Waals surface area (Å²) in [7, 11) is 3.71. The fraction of sp³-hybridized carbons (Fsp3) is 0.308. The second kappa shape index (κ2) is 5.51. The van der Waals surface area contributed by atoms with E-state index in [1.165, 1.54) is 6.08 Å². The first-order chi connectivity index (χ1) is 9.06. The molecule has 0 spiro atoms. The lowest BCUT2D eigenvalue weighted by Gasteiger charge is -2.01. The van der Waals surface area contributed by atoms with Crippen molar-refractivity contribution in [1.29, 1.82) is 0 Å². The summed E-state index contributed by atoms with van der Waals surface area (Å²) < 4.78 is 3.48. The van der Waals surface area contributed by atoms with E-state index in [0.717, 1.165) is 16.8 Å². The molecule has 0 radical (unpaired) electrons. The van der Waals surface area contributed by atoms with Crippen molar-refractivity contribution in [1.82, 2.24) is 24.9 Å². The Hall–Kier alpha value is -2.37. The molecule has 0 unspecified atom stereocenters. The molecule has 0 aliphatic rings. The zero-order chi connectivity index (χ0) is 13.8. The number of aryl methyl sites for hydroxylation is 2. The number of aromatic nitrogens is 4. The van der Waals surface area contributed by atoms with E-state index in [9.17, 15) is 4.79 Å². The molecule has 0 atom stereocenters. The standard InChI is InChI=1S/C13H17N5O/c1-10-12(8-16-18(10)3)7-14-13(19)5-4-11-6-15-17(2)9-11/h4-6,8-9H,7H2,1-3H3,(H,14,19)/b5-4+. The Morgan fingerprint density at radius 2 is 2.16 bits per heavy atom. The third-order valence-electron chi connectivity index (χ3n) is 2.94. The van der Waals surface area contributed by atoms with E-state index in [-0.39, 0.29) is 5.91 Å².